The Hall–Kier alpha value is -5.82. The van der Waals surface area contributed by atoms with Gasteiger partial charge in [0, 0.05) is 47.8 Å². The maximum atomic E-state index is 13.5. The fourth-order valence-electron chi connectivity index (χ4n) is 8.33. The fourth-order valence-corrected chi connectivity index (χ4v) is 8.33. The molecule has 67 heavy (non-hydrogen) atoms. The topological polar surface area (TPSA) is 189 Å². The normalized spacial score (nSPS) is 10.8. The van der Waals surface area contributed by atoms with Crippen LogP contribution in [0, 0.1) is 0 Å². The van der Waals surface area contributed by atoms with E-state index >= 15 is 0 Å². The van der Waals surface area contributed by atoms with Crippen LogP contribution in [-0.4, -0.2) is 80.8 Å². The van der Waals surface area contributed by atoms with Gasteiger partial charge in [0.15, 0.2) is 11.8 Å². The summed E-state index contributed by atoms with van der Waals surface area (Å²) in [6.07, 6.45) is 6.03. The van der Waals surface area contributed by atoms with Crippen LogP contribution in [0.15, 0.2) is 121 Å². The molecule has 0 bridgehead atoms. The van der Waals surface area contributed by atoms with E-state index in [9.17, 15) is 39.6 Å². The molecule has 0 radical (unpaired) electrons. The van der Waals surface area contributed by atoms with Crippen molar-refractivity contribution in [1.82, 2.24) is 9.13 Å². The van der Waals surface area contributed by atoms with Crippen LogP contribution >= 0.6 is 0 Å². The van der Waals surface area contributed by atoms with E-state index in [-0.39, 0.29) is 86.0 Å². The molecule has 0 spiro atoms. The second-order valence-corrected chi connectivity index (χ2v) is 17.0. The molecule has 6 rings (SSSR count). The van der Waals surface area contributed by atoms with Crippen LogP contribution < -0.4 is 20.8 Å². The smallest absolute Gasteiger partial charge is 0.550 e. The summed E-state index contributed by atoms with van der Waals surface area (Å²) >= 11 is 0. The maximum Gasteiger partial charge on any atom is 2.00 e. The van der Waals surface area contributed by atoms with Gasteiger partial charge in [0.1, 0.15) is 0 Å². The Bertz CT molecular complexity index is 2330. The van der Waals surface area contributed by atoms with Crippen molar-refractivity contribution >= 4 is 72.9 Å². The average Bonchev–Trinajstić information content (AvgIpc) is 3.77. The van der Waals surface area contributed by atoms with Gasteiger partial charge in [-0.2, -0.15) is 0 Å². The third-order valence-electron chi connectivity index (χ3n) is 11.3. The van der Waals surface area contributed by atoms with Crippen LogP contribution in [0.2, 0.25) is 0 Å². The number of unbranched alkanes of at least 4 members (excludes halogenated alkanes) is 6. The van der Waals surface area contributed by atoms with Gasteiger partial charge in [0.2, 0.25) is 0 Å². The predicted molar refractivity (Wildman–Crippen MR) is 262 cm³/mol. The van der Waals surface area contributed by atoms with E-state index in [0.717, 1.165) is 61.0 Å². The summed E-state index contributed by atoms with van der Waals surface area (Å²) < 4.78 is 3.68. The van der Waals surface area contributed by atoms with Gasteiger partial charge < -0.3 is 49.8 Å². The number of para-hydroxylation sites is 2. The first-order valence-electron chi connectivity index (χ1n) is 22.9. The SMILES string of the molecule is CC(C)c1c(C(=O)Nc2ccccc2)c(-c2ccccc2)c(O)n1CCCCCCC(=O)[O-].CC(C)c1c(C(=O)Nc2ccccc2)c(-c2ccccc2)c(O)n1CCCCCCC(=O)[O-].[Ca+2]. The Morgan fingerprint density at radius 1 is 0.478 bits per heavy atom. The van der Waals surface area contributed by atoms with E-state index in [1.165, 1.54) is 0 Å². The molecular weight excluding hydrogens is 873 g/mol. The molecule has 348 valence electrons. The van der Waals surface area contributed by atoms with Crippen molar-refractivity contribution in [2.75, 3.05) is 10.6 Å². The van der Waals surface area contributed by atoms with Crippen molar-refractivity contribution in [3.63, 3.8) is 0 Å². The number of aromatic nitrogens is 2. The van der Waals surface area contributed by atoms with Crippen molar-refractivity contribution < 1.29 is 39.6 Å². The average molecular weight is 935 g/mol. The third kappa shape index (κ3) is 15.1. The molecule has 2 aromatic heterocycles. The minimum Gasteiger partial charge on any atom is -0.550 e. The van der Waals surface area contributed by atoms with Crippen LogP contribution in [-0.2, 0) is 22.7 Å². The standard InChI is InChI=1S/2C27H32N2O4.Ca/c2*1-19(2)25-24(26(32)28-21-15-9-6-10-16-21)23(20-13-7-5-8-14-20)27(33)29(25)18-12-4-3-11-17-22(30)31;/h2*5-10,13-16,19,33H,3-4,11-12,17-18H2,1-2H3,(H,28,32)(H,30,31);/q;;+2/p-2. The van der Waals surface area contributed by atoms with Crippen molar-refractivity contribution in [3.05, 3.63) is 144 Å². The molecule has 6 aromatic rings. The van der Waals surface area contributed by atoms with Crippen molar-refractivity contribution in [3.8, 4) is 34.0 Å². The van der Waals surface area contributed by atoms with Crippen LogP contribution in [0.1, 0.15) is 136 Å². The van der Waals surface area contributed by atoms with Crippen molar-refractivity contribution in [2.45, 2.75) is 117 Å². The summed E-state index contributed by atoms with van der Waals surface area (Å²) in [5, 5.41) is 49.7. The molecule has 4 aromatic carbocycles. The van der Waals surface area contributed by atoms with E-state index < -0.39 is 11.9 Å². The molecule has 0 saturated carbocycles. The van der Waals surface area contributed by atoms with Crippen LogP contribution in [0.5, 0.6) is 11.8 Å². The van der Waals surface area contributed by atoms with Gasteiger partial charge in [-0.3, -0.25) is 9.59 Å². The van der Waals surface area contributed by atoms with Gasteiger partial charge in [0.25, 0.3) is 11.8 Å². The number of benzene rings is 4. The zero-order valence-corrected chi connectivity index (χ0v) is 41.3. The summed E-state index contributed by atoms with van der Waals surface area (Å²) in [6.45, 7) is 9.14. The fraction of sp³-hybridized carbons (Fsp3) is 0.333. The minimum absolute atomic E-state index is 0. The van der Waals surface area contributed by atoms with Gasteiger partial charge in [0.05, 0.1) is 22.3 Å². The number of nitrogens with zero attached hydrogens (tertiary/aromatic N) is 2. The predicted octanol–water partition coefficient (Wildman–Crippen LogP) is 9.49. The number of nitrogens with one attached hydrogen (secondary N) is 2. The number of anilines is 2. The molecule has 0 saturated heterocycles. The largest absolute Gasteiger partial charge is 2.00 e. The number of aliphatic carboxylic acids is 2. The zero-order valence-electron chi connectivity index (χ0n) is 39.1. The monoisotopic (exact) mass is 934 g/mol. The van der Waals surface area contributed by atoms with E-state index in [2.05, 4.69) is 10.6 Å². The second kappa shape index (κ2) is 27.1. The molecule has 4 N–H and O–H groups in total. The Kier molecular flexibility index (Phi) is 21.8. The van der Waals surface area contributed by atoms with Crippen LogP contribution in [0.3, 0.4) is 0 Å². The molecule has 12 nitrogen and oxygen atoms in total. The maximum absolute atomic E-state index is 13.5. The quantitative estimate of drug-likeness (QED) is 0.0383. The van der Waals surface area contributed by atoms with Crippen LogP contribution in [0.4, 0.5) is 11.4 Å². The molecular formula is C54H62CaN4O8. The van der Waals surface area contributed by atoms with E-state index in [0.29, 0.717) is 59.6 Å². The van der Waals surface area contributed by atoms with Crippen molar-refractivity contribution in [2.24, 2.45) is 0 Å². The summed E-state index contributed by atoms with van der Waals surface area (Å²) in [7, 11) is 0. The Balaban J connectivity index is 0.000000288. The number of carbonyl (C=O) groups is 4. The number of hydrogen-bond acceptors (Lipinski definition) is 8. The summed E-state index contributed by atoms with van der Waals surface area (Å²) in [4.78, 5) is 48.2. The van der Waals surface area contributed by atoms with Crippen LogP contribution in [0.25, 0.3) is 22.3 Å². The second-order valence-electron chi connectivity index (χ2n) is 17.0. The number of amides is 2. The molecule has 0 unspecified atom stereocenters. The molecule has 0 aliphatic carbocycles. The molecule has 2 heterocycles. The first-order valence-corrected chi connectivity index (χ1v) is 22.9. The Labute approximate surface area is 424 Å². The van der Waals surface area contributed by atoms with Gasteiger partial charge in [-0.15, -0.1) is 0 Å². The molecule has 0 aliphatic rings. The number of carbonyl (C=O) groups excluding carboxylic acids is 4. The van der Waals surface area contributed by atoms with E-state index in [4.69, 9.17) is 0 Å². The third-order valence-corrected chi connectivity index (χ3v) is 11.3. The number of carboxylic acids is 2. The van der Waals surface area contributed by atoms with Gasteiger partial charge in [-0.05, 0) is 85.8 Å². The number of rotatable bonds is 22. The van der Waals surface area contributed by atoms with Gasteiger partial charge in [-0.1, -0.05) is 150 Å². The van der Waals surface area contributed by atoms with E-state index in [1.54, 1.807) is 0 Å². The molecule has 0 atom stereocenters. The van der Waals surface area contributed by atoms with Gasteiger partial charge in [-0.25, -0.2) is 0 Å². The van der Waals surface area contributed by atoms with Crippen molar-refractivity contribution in [1.29, 1.82) is 0 Å². The first-order chi connectivity index (χ1) is 31.8. The zero-order chi connectivity index (χ0) is 47.6. The first kappa shape index (κ1) is 53.8. The Morgan fingerprint density at radius 2 is 0.776 bits per heavy atom. The molecule has 13 heteroatoms. The molecule has 0 aliphatic heterocycles. The van der Waals surface area contributed by atoms with E-state index in [1.807, 2.05) is 158 Å². The summed E-state index contributed by atoms with van der Waals surface area (Å²) in [5.41, 5.74) is 6.54. The number of aromatic hydroxyl groups is 2. The summed E-state index contributed by atoms with van der Waals surface area (Å²) in [6, 6.07) is 37.5. The minimum atomic E-state index is -1.03. The Morgan fingerprint density at radius 3 is 1.07 bits per heavy atom. The molecule has 2 amide bonds. The number of carboxylic acid groups (broad SMARTS) is 2. The van der Waals surface area contributed by atoms with Gasteiger partial charge >= 0.3 is 37.7 Å². The molecule has 0 fully saturated rings. The number of hydrogen-bond donors (Lipinski definition) is 4. The summed E-state index contributed by atoms with van der Waals surface area (Å²) in [5.74, 6) is -2.40.